The molecule has 13 heavy (non-hydrogen) atoms. The largest absolute Gasteiger partial charge is 0.481 e. The number of aliphatic carboxylic acids is 1. The molecule has 2 N–H and O–H groups in total. The summed E-state index contributed by atoms with van der Waals surface area (Å²) in [6.45, 7) is 3.64. The van der Waals surface area contributed by atoms with E-state index in [9.17, 15) is 4.79 Å². The summed E-state index contributed by atoms with van der Waals surface area (Å²) in [4.78, 5) is 14.5. The third kappa shape index (κ3) is 3.73. The highest BCUT2D eigenvalue weighted by atomic mass is 16.4. The van der Waals surface area contributed by atoms with E-state index in [0.717, 1.165) is 17.0 Å². The average Bonchev–Trinajstić information content (AvgIpc) is 2.11. The van der Waals surface area contributed by atoms with Crippen LogP contribution in [0, 0.1) is 0 Å². The Morgan fingerprint density at radius 2 is 2.00 bits per heavy atom. The maximum Gasteiger partial charge on any atom is 0.307 e. The molecule has 0 saturated carbocycles. The van der Waals surface area contributed by atoms with Gasteiger partial charge in [0.2, 0.25) is 0 Å². The number of hydrogen-bond acceptors (Lipinski definition) is 3. The van der Waals surface area contributed by atoms with E-state index in [1.165, 1.54) is 0 Å². The molecule has 0 saturated heterocycles. The lowest BCUT2D eigenvalue weighted by atomic mass is 10.1. The van der Waals surface area contributed by atoms with Crippen molar-refractivity contribution in [1.29, 1.82) is 0 Å². The third-order valence-electron chi connectivity index (χ3n) is 1.93. The molecule has 0 amide bonds. The van der Waals surface area contributed by atoms with Gasteiger partial charge in [0, 0.05) is 31.1 Å². The summed E-state index contributed by atoms with van der Waals surface area (Å²) in [5, 5.41) is 11.6. The molecular weight excluding hydrogens is 168 g/mol. The molecule has 0 aliphatic rings. The van der Waals surface area contributed by atoms with Gasteiger partial charge >= 0.3 is 5.97 Å². The molecule has 0 heterocycles. The van der Waals surface area contributed by atoms with Crippen LogP contribution in [0.2, 0.25) is 0 Å². The molecule has 0 aliphatic carbocycles. The van der Waals surface area contributed by atoms with E-state index < -0.39 is 5.97 Å². The molecule has 0 radical (unpaired) electrons. The summed E-state index contributed by atoms with van der Waals surface area (Å²) in [6, 6.07) is 0. The quantitative estimate of drug-likeness (QED) is 0.642. The Morgan fingerprint density at radius 3 is 2.31 bits per heavy atom. The highest BCUT2D eigenvalue weighted by molar-refractivity contribution is 6.01. The van der Waals surface area contributed by atoms with Crippen molar-refractivity contribution in [2.75, 3.05) is 14.1 Å². The van der Waals surface area contributed by atoms with Crippen LogP contribution in [0.4, 0.5) is 0 Å². The van der Waals surface area contributed by atoms with Gasteiger partial charge in [-0.05, 0) is 13.8 Å². The van der Waals surface area contributed by atoms with Crippen LogP contribution in [0.1, 0.15) is 20.3 Å². The van der Waals surface area contributed by atoms with Crippen LogP contribution in [-0.4, -0.2) is 30.9 Å². The summed E-state index contributed by atoms with van der Waals surface area (Å²) in [7, 11) is 3.42. The SMILES string of the molecule is C/N=C(C)/C(CC(=O)O)=C(/C)NC. The Hall–Kier alpha value is -1.32. The smallest absolute Gasteiger partial charge is 0.307 e. The van der Waals surface area contributed by atoms with Crippen LogP contribution >= 0.6 is 0 Å². The lowest BCUT2D eigenvalue weighted by Gasteiger charge is -2.09. The van der Waals surface area contributed by atoms with E-state index in [1.54, 1.807) is 21.0 Å². The number of carbonyl (C=O) groups is 1. The summed E-state index contributed by atoms with van der Waals surface area (Å²) < 4.78 is 0. The number of hydrogen-bond donors (Lipinski definition) is 2. The molecule has 74 valence electrons. The number of allylic oxidation sites excluding steroid dienone is 1. The van der Waals surface area contributed by atoms with Gasteiger partial charge in [0.1, 0.15) is 0 Å². The van der Waals surface area contributed by atoms with E-state index >= 15 is 0 Å². The van der Waals surface area contributed by atoms with E-state index in [-0.39, 0.29) is 6.42 Å². The number of aliphatic imine (C=N–C) groups is 1. The zero-order valence-electron chi connectivity index (χ0n) is 8.51. The highest BCUT2D eigenvalue weighted by Crippen LogP contribution is 2.08. The van der Waals surface area contributed by atoms with Crippen molar-refractivity contribution in [3.8, 4) is 0 Å². The van der Waals surface area contributed by atoms with Gasteiger partial charge in [0.25, 0.3) is 0 Å². The lowest BCUT2D eigenvalue weighted by Crippen LogP contribution is -2.13. The van der Waals surface area contributed by atoms with Crippen molar-refractivity contribution in [2.24, 2.45) is 4.99 Å². The van der Waals surface area contributed by atoms with Crippen molar-refractivity contribution < 1.29 is 9.90 Å². The monoisotopic (exact) mass is 184 g/mol. The van der Waals surface area contributed by atoms with Crippen molar-refractivity contribution in [3.63, 3.8) is 0 Å². The predicted molar refractivity (Wildman–Crippen MR) is 53.0 cm³/mol. The first-order valence-electron chi connectivity index (χ1n) is 4.06. The van der Waals surface area contributed by atoms with Crippen LogP contribution in [0.25, 0.3) is 0 Å². The molecule has 0 fully saturated rings. The molecule has 4 nitrogen and oxygen atoms in total. The average molecular weight is 184 g/mol. The van der Waals surface area contributed by atoms with E-state index in [4.69, 9.17) is 5.11 Å². The van der Waals surface area contributed by atoms with E-state index in [2.05, 4.69) is 10.3 Å². The van der Waals surface area contributed by atoms with Gasteiger partial charge in [-0.25, -0.2) is 0 Å². The number of nitrogens with one attached hydrogen (secondary N) is 1. The number of carboxylic acids is 1. The molecule has 0 bridgehead atoms. The topological polar surface area (TPSA) is 61.7 Å². The fourth-order valence-electron chi connectivity index (χ4n) is 0.969. The Balaban J connectivity index is 4.87. The Labute approximate surface area is 78.4 Å². The van der Waals surface area contributed by atoms with Crippen LogP contribution in [0.5, 0.6) is 0 Å². The fraction of sp³-hybridized carbons (Fsp3) is 0.556. The number of carboxylic acid groups (broad SMARTS) is 1. The second-order valence-electron chi connectivity index (χ2n) is 2.73. The highest BCUT2D eigenvalue weighted by Gasteiger charge is 2.09. The molecule has 0 aromatic carbocycles. The van der Waals surface area contributed by atoms with Crippen molar-refractivity contribution in [3.05, 3.63) is 11.3 Å². The summed E-state index contributed by atoms with van der Waals surface area (Å²) in [5.41, 5.74) is 2.36. The first-order valence-corrected chi connectivity index (χ1v) is 4.06. The van der Waals surface area contributed by atoms with Gasteiger partial charge in [-0.3, -0.25) is 9.79 Å². The zero-order valence-corrected chi connectivity index (χ0v) is 8.51. The minimum atomic E-state index is -0.840. The van der Waals surface area contributed by atoms with Gasteiger partial charge in [0.05, 0.1) is 6.42 Å². The number of nitrogens with zero attached hydrogens (tertiary/aromatic N) is 1. The zero-order chi connectivity index (χ0) is 10.4. The maximum atomic E-state index is 10.5. The van der Waals surface area contributed by atoms with Crippen LogP contribution in [0.15, 0.2) is 16.3 Å². The van der Waals surface area contributed by atoms with Crippen LogP contribution in [0.3, 0.4) is 0 Å². The van der Waals surface area contributed by atoms with Gasteiger partial charge in [-0.1, -0.05) is 0 Å². The van der Waals surface area contributed by atoms with Gasteiger partial charge < -0.3 is 10.4 Å². The molecule has 0 spiro atoms. The molecule has 0 aromatic rings. The summed E-state index contributed by atoms with van der Waals surface area (Å²) in [5.74, 6) is -0.840. The summed E-state index contributed by atoms with van der Waals surface area (Å²) >= 11 is 0. The Morgan fingerprint density at radius 1 is 1.46 bits per heavy atom. The van der Waals surface area contributed by atoms with Gasteiger partial charge in [-0.15, -0.1) is 0 Å². The molecule has 0 aromatic heterocycles. The molecule has 0 unspecified atom stereocenters. The Kier molecular flexibility index (Phi) is 4.80. The molecule has 0 aliphatic heterocycles. The minimum absolute atomic E-state index is 0.00977. The van der Waals surface area contributed by atoms with E-state index in [1.807, 2.05) is 6.92 Å². The van der Waals surface area contributed by atoms with E-state index in [0.29, 0.717) is 0 Å². The van der Waals surface area contributed by atoms with Crippen molar-refractivity contribution >= 4 is 11.7 Å². The van der Waals surface area contributed by atoms with Gasteiger partial charge in [-0.2, -0.15) is 0 Å². The summed E-state index contributed by atoms with van der Waals surface area (Å²) in [6.07, 6.45) is 0.00977. The molecular formula is C9H16N2O2. The van der Waals surface area contributed by atoms with Crippen molar-refractivity contribution in [2.45, 2.75) is 20.3 Å². The third-order valence-corrected chi connectivity index (χ3v) is 1.93. The first-order chi connectivity index (χ1) is 6.02. The Bertz CT molecular complexity index is 254. The second kappa shape index (κ2) is 5.35. The molecule has 0 atom stereocenters. The van der Waals surface area contributed by atoms with Crippen LogP contribution in [-0.2, 0) is 4.79 Å². The fourth-order valence-corrected chi connectivity index (χ4v) is 0.969. The van der Waals surface area contributed by atoms with Crippen molar-refractivity contribution in [1.82, 2.24) is 5.32 Å². The normalized spacial score (nSPS) is 13.7. The lowest BCUT2D eigenvalue weighted by molar-refractivity contribution is -0.136. The maximum absolute atomic E-state index is 10.5. The predicted octanol–water partition coefficient (Wildman–Crippen LogP) is 1.05. The van der Waals surface area contributed by atoms with Crippen LogP contribution < -0.4 is 5.32 Å². The van der Waals surface area contributed by atoms with Gasteiger partial charge in [0.15, 0.2) is 0 Å². The second-order valence-corrected chi connectivity index (χ2v) is 2.73. The number of rotatable bonds is 4. The molecule has 4 heteroatoms. The standard InChI is InChI=1S/C9H16N2O2/c1-6(10-3)8(5-9(12)13)7(2)11-4/h10H,5H2,1-4H3,(H,12,13)/b8-6-,11-7+. The first kappa shape index (κ1) is 11.7. The minimum Gasteiger partial charge on any atom is -0.481 e. The molecule has 0 rings (SSSR count).